The van der Waals surface area contributed by atoms with Gasteiger partial charge in [-0.3, -0.25) is 14.3 Å². The quantitative estimate of drug-likeness (QED) is 0.495. The number of imidazole rings is 1. The normalized spacial score (nSPS) is 35.9. The first-order valence-corrected chi connectivity index (χ1v) is 10.3. The zero-order chi connectivity index (χ0) is 20.1. The second-order valence-electron chi connectivity index (χ2n) is 8.09. The highest BCUT2D eigenvalue weighted by atomic mass is 31.2. The Morgan fingerprint density at radius 2 is 2.21 bits per heavy atom. The number of aromatic amines is 1. The van der Waals surface area contributed by atoms with Crippen molar-refractivity contribution < 1.29 is 28.3 Å². The monoisotopic (exact) mass is 413 g/mol. The fraction of sp³-hybridized carbons (Fsp3) is 0.667. The highest BCUT2D eigenvalue weighted by Crippen LogP contribution is 2.72. The van der Waals surface area contributed by atoms with Gasteiger partial charge in [0.05, 0.1) is 25.1 Å². The Kier molecular flexibility index (Phi) is 3.52. The summed E-state index contributed by atoms with van der Waals surface area (Å²) in [6.07, 6.45) is 1.33. The number of aromatic nitrogens is 4. The molecule has 0 amide bonds. The zero-order valence-corrected chi connectivity index (χ0v) is 16.0. The van der Waals surface area contributed by atoms with Crippen LogP contribution in [0.5, 0.6) is 0 Å². The minimum atomic E-state index is -4.62. The molecular formula is C15H20N5O7P. The van der Waals surface area contributed by atoms with E-state index in [0.717, 1.165) is 0 Å². The largest absolute Gasteiger partial charge is 0.469 e. The molecule has 13 heteroatoms. The predicted molar refractivity (Wildman–Crippen MR) is 94.0 cm³/mol. The van der Waals surface area contributed by atoms with E-state index in [1.54, 1.807) is 18.4 Å². The molecule has 0 aromatic carbocycles. The van der Waals surface area contributed by atoms with Gasteiger partial charge < -0.3 is 29.6 Å². The second kappa shape index (κ2) is 5.41. The summed E-state index contributed by atoms with van der Waals surface area (Å²) in [4.78, 5) is 41.2. The zero-order valence-electron chi connectivity index (χ0n) is 15.1. The molecule has 2 saturated carbocycles. The Hall–Kier alpha value is -1.82. The predicted octanol–water partition coefficient (Wildman–Crippen LogP) is -0.108. The maximum Gasteiger partial charge on any atom is 0.469 e. The van der Waals surface area contributed by atoms with E-state index < -0.39 is 36.8 Å². The van der Waals surface area contributed by atoms with E-state index in [4.69, 9.17) is 29.5 Å². The van der Waals surface area contributed by atoms with Crippen molar-refractivity contribution in [1.29, 1.82) is 0 Å². The number of nitrogens with one attached hydrogen (secondary N) is 1. The van der Waals surface area contributed by atoms with E-state index in [-0.39, 0.29) is 30.0 Å². The van der Waals surface area contributed by atoms with Gasteiger partial charge in [-0.1, -0.05) is 0 Å². The molecule has 1 unspecified atom stereocenters. The molecule has 12 nitrogen and oxygen atoms in total. The highest BCUT2D eigenvalue weighted by molar-refractivity contribution is 7.46. The van der Waals surface area contributed by atoms with Crippen LogP contribution in [-0.2, 0) is 18.6 Å². The smallest absolute Gasteiger partial charge is 0.369 e. The number of H-pyrrole nitrogens is 1. The molecule has 5 rings (SSSR count). The van der Waals surface area contributed by atoms with Gasteiger partial charge in [0, 0.05) is 5.41 Å². The number of hydrogen-bond acceptors (Lipinski definition) is 8. The van der Waals surface area contributed by atoms with Crippen LogP contribution in [-0.4, -0.2) is 53.9 Å². The summed E-state index contributed by atoms with van der Waals surface area (Å²) in [6.45, 7) is 3.41. The first-order chi connectivity index (χ1) is 13.0. The number of phosphoric ester groups is 1. The molecule has 0 radical (unpaired) electrons. The molecule has 3 heterocycles. The Labute approximate surface area is 158 Å². The third-order valence-corrected chi connectivity index (χ3v) is 6.36. The molecule has 2 aliphatic carbocycles. The maximum absolute atomic E-state index is 12.1. The Morgan fingerprint density at radius 1 is 1.46 bits per heavy atom. The van der Waals surface area contributed by atoms with Crippen molar-refractivity contribution in [3.8, 4) is 0 Å². The summed E-state index contributed by atoms with van der Waals surface area (Å²) in [5.41, 5.74) is 5.16. The molecule has 152 valence electrons. The van der Waals surface area contributed by atoms with E-state index in [2.05, 4.69) is 15.0 Å². The van der Waals surface area contributed by atoms with Crippen LogP contribution in [0.25, 0.3) is 11.2 Å². The van der Waals surface area contributed by atoms with Crippen LogP contribution < -0.4 is 11.3 Å². The number of fused-ring (bicyclic) bond motifs is 4. The van der Waals surface area contributed by atoms with Gasteiger partial charge in [0.25, 0.3) is 5.56 Å². The van der Waals surface area contributed by atoms with Crippen molar-refractivity contribution >= 4 is 24.9 Å². The van der Waals surface area contributed by atoms with Gasteiger partial charge in [0.1, 0.15) is 6.10 Å². The standard InChI is InChI=1S/C15H20N5O7P/c1-14(2)26-9-8(20-5-17-7-11(20)18-13(16)19-12(7)21)6-3-15(6,10(9)27-14)4-25-28(22,23)24/h5-6,8-10H,3-4H2,1-2H3,(H2,22,23,24)(H3,16,18,19,21)/t6?,8-,9+,10+,15+/m1/s1. The molecule has 5 atom stereocenters. The molecule has 0 spiro atoms. The van der Waals surface area contributed by atoms with Crippen molar-refractivity contribution in [2.45, 2.75) is 44.3 Å². The van der Waals surface area contributed by atoms with Crippen LogP contribution in [0.2, 0.25) is 0 Å². The molecule has 3 aliphatic rings. The van der Waals surface area contributed by atoms with Crippen LogP contribution in [0.1, 0.15) is 26.3 Å². The van der Waals surface area contributed by atoms with E-state index in [1.165, 1.54) is 6.33 Å². The molecule has 1 aliphatic heterocycles. The van der Waals surface area contributed by atoms with Crippen LogP contribution in [0.15, 0.2) is 11.1 Å². The molecule has 0 bridgehead atoms. The van der Waals surface area contributed by atoms with Gasteiger partial charge in [-0.25, -0.2) is 9.55 Å². The number of nitrogens with two attached hydrogens (primary N) is 1. The first-order valence-electron chi connectivity index (χ1n) is 8.79. The minimum absolute atomic E-state index is 0.0235. The number of ether oxygens (including phenoxy) is 2. The third kappa shape index (κ3) is 2.56. The molecule has 2 aromatic rings. The topological polar surface area (TPSA) is 175 Å². The van der Waals surface area contributed by atoms with E-state index in [0.29, 0.717) is 12.1 Å². The van der Waals surface area contributed by atoms with Gasteiger partial charge >= 0.3 is 7.82 Å². The Morgan fingerprint density at radius 3 is 2.93 bits per heavy atom. The summed E-state index contributed by atoms with van der Waals surface area (Å²) < 4.78 is 30.0. The average molecular weight is 413 g/mol. The molecule has 2 aromatic heterocycles. The van der Waals surface area contributed by atoms with Crippen molar-refractivity contribution in [1.82, 2.24) is 19.5 Å². The lowest BCUT2D eigenvalue weighted by molar-refractivity contribution is -0.162. The Bertz CT molecular complexity index is 1080. The number of nitrogens with zero attached hydrogens (tertiary/aromatic N) is 3. The summed E-state index contributed by atoms with van der Waals surface area (Å²) in [7, 11) is -4.62. The van der Waals surface area contributed by atoms with Crippen LogP contribution in [0, 0.1) is 11.3 Å². The van der Waals surface area contributed by atoms with Gasteiger partial charge in [0.2, 0.25) is 5.95 Å². The molecule has 3 fully saturated rings. The van der Waals surface area contributed by atoms with Crippen LogP contribution >= 0.6 is 7.82 Å². The SMILES string of the molecule is CC1(C)O[C@H]2[C@H](n3cnc4c(=O)[nH]c(N)nc43)C3C[C@@]3(COP(=O)(O)O)[C@H]2O1. The summed E-state index contributed by atoms with van der Waals surface area (Å²) in [5.74, 6) is -0.925. The van der Waals surface area contributed by atoms with Gasteiger partial charge in [-0.15, -0.1) is 0 Å². The number of hydrogen-bond donors (Lipinski definition) is 4. The first kappa shape index (κ1) is 18.2. The number of nitrogen functional groups attached to an aromatic ring is 1. The minimum Gasteiger partial charge on any atom is -0.369 e. The molecule has 1 saturated heterocycles. The number of rotatable bonds is 4. The molecular weight excluding hydrogens is 393 g/mol. The summed E-state index contributed by atoms with van der Waals surface area (Å²) in [5, 5.41) is 0. The van der Waals surface area contributed by atoms with E-state index >= 15 is 0 Å². The maximum atomic E-state index is 12.1. The van der Waals surface area contributed by atoms with E-state index in [1.807, 2.05) is 0 Å². The number of phosphoric acid groups is 1. The van der Waals surface area contributed by atoms with Gasteiger partial charge in [-0.05, 0) is 26.2 Å². The van der Waals surface area contributed by atoms with E-state index in [9.17, 15) is 9.36 Å². The average Bonchev–Trinajstić information content (AvgIpc) is 2.83. The lowest BCUT2D eigenvalue weighted by Gasteiger charge is -2.24. The lowest BCUT2D eigenvalue weighted by Crippen LogP contribution is -2.33. The second-order valence-corrected chi connectivity index (χ2v) is 9.33. The highest BCUT2D eigenvalue weighted by Gasteiger charge is 2.76. The van der Waals surface area contributed by atoms with Gasteiger partial charge in [0.15, 0.2) is 17.0 Å². The third-order valence-electron chi connectivity index (χ3n) is 5.90. The summed E-state index contributed by atoms with van der Waals surface area (Å²) >= 11 is 0. The molecule has 5 N–H and O–H groups in total. The van der Waals surface area contributed by atoms with Crippen molar-refractivity contribution in [2.24, 2.45) is 11.3 Å². The summed E-state index contributed by atoms with van der Waals surface area (Å²) in [6, 6.07) is -0.286. The lowest BCUT2D eigenvalue weighted by atomic mass is 10.0. The van der Waals surface area contributed by atoms with Crippen molar-refractivity contribution in [3.63, 3.8) is 0 Å². The Balaban J connectivity index is 1.58. The number of anilines is 1. The molecule has 28 heavy (non-hydrogen) atoms. The van der Waals surface area contributed by atoms with Crippen LogP contribution in [0.4, 0.5) is 5.95 Å². The van der Waals surface area contributed by atoms with Crippen molar-refractivity contribution in [2.75, 3.05) is 12.3 Å². The van der Waals surface area contributed by atoms with Gasteiger partial charge in [-0.2, -0.15) is 4.98 Å². The fourth-order valence-electron chi connectivity index (χ4n) is 4.82. The van der Waals surface area contributed by atoms with Crippen molar-refractivity contribution in [3.05, 3.63) is 16.7 Å². The van der Waals surface area contributed by atoms with Crippen LogP contribution in [0.3, 0.4) is 0 Å². The fourth-order valence-corrected chi connectivity index (χ4v) is 5.23.